The van der Waals surface area contributed by atoms with Crippen LogP contribution < -0.4 is 5.32 Å². The smallest absolute Gasteiger partial charge is 0.384 e. The Morgan fingerprint density at radius 3 is 2.72 bits per heavy atom. The molecule has 0 radical (unpaired) electrons. The summed E-state index contributed by atoms with van der Waals surface area (Å²) in [5.41, 5.74) is 0.150. The van der Waals surface area contributed by atoms with Crippen molar-refractivity contribution in [2.24, 2.45) is 0 Å². The summed E-state index contributed by atoms with van der Waals surface area (Å²) < 4.78 is 38.0. The number of H-pyrrole nitrogens is 1. The summed E-state index contributed by atoms with van der Waals surface area (Å²) >= 11 is 0. The van der Waals surface area contributed by atoms with Crippen molar-refractivity contribution in [1.82, 2.24) is 15.2 Å². The fourth-order valence-electron chi connectivity index (χ4n) is 1.53. The van der Waals surface area contributed by atoms with Crippen LogP contribution in [0.1, 0.15) is 11.3 Å². The molecule has 18 heavy (non-hydrogen) atoms. The molecule has 0 spiro atoms. The lowest BCUT2D eigenvalue weighted by Crippen LogP contribution is -2.13. The number of hydrogen-bond donors (Lipinski definition) is 2. The Bertz CT molecular complexity index is 493. The molecule has 0 fully saturated rings. The van der Waals surface area contributed by atoms with Gasteiger partial charge in [-0.25, -0.2) is 0 Å². The molecule has 0 bridgehead atoms. The van der Waals surface area contributed by atoms with Crippen molar-refractivity contribution < 1.29 is 13.2 Å². The van der Waals surface area contributed by atoms with E-state index in [1.807, 2.05) is 0 Å². The van der Waals surface area contributed by atoms with Crippen molar-refractivity contribution in [3.8, 4) is 0 Å². The van der Waals surface area contributed by atoms with Crippen LogP contribution in [0.5, 0.6) is 0 Å². The van der Waals surface area contributed by atoms with Crippen LogP contribution in [0.3, 0.4) is 0 Å². The molecular formula is C11H11F3N4. The van der Waals surface area contributed by atoms with Gasteiger partial charge in [-0.05, 0) is 12.1 Å². The van der Waals surface area contributed by atoms with Crippen LogP contribution >= 0.6 is 0 Å². The van der Waals surface area contributed by atoms with Gasteiger partial charge in [-0.2, -0.15) is 18.3 Å². The average molecular weight is 256 g/mol. The highest BCUT2D eigenvalue weighted by atomic mass is 19.4. The molecule has 2 rings (SSSR count). The molecule has 0 amide bonds. The maximum atomic E-state index is 12.7. The molecule has 0 aliphatic carbocycles. The lowest BCUT2D eigenvalue weighted by atomic mass is 10.2. The first-order chi connectivity index (χ1) is 8.57. The van der Waals surface area contributed by atoms with Gasteiger partial charge >= 0.3 is 6.18 Å². The van der Waals surface area contributed by atoms with Crippen LogP contribution in [0.25, 0.3) is 0 Å². The summed E-state index contributed by atoms with van der Waals surface area (Å²) in [6, 6.07) is 3.09. The number of hydrogen-bond acceptors (Lipinski definition) is 3. The number of alkyl halides is 3. The summed E-state index contributed by atoms with van der Waals surface area (Å²) in [7, 11) is 0. The predicted octanol–water partition coefficient (Wildman–Crippen LogP) is 2.48. The van der Waals surface area contributed by atoms with Gasteiger partial charge in [-0.3, -0.25) is 10.1 Å². The predicted molar refractivity (Wildman–Crippen MR) is 60.0 cm³/mol. The molecule has 2 heterocycles. The topological polar surface area (TPSA) is 53.6 Å². The van der Waals surface area contributed by atoms with Gasteiger partial charge < -0.3 is 5.32 Å². The van der Waals surface area contributed by atoms with Crippen LogP contribution in [0.2, 0.25) is 0 Å². The molecule has 4 nitrogen and oxygen atoms in total. The normalized spacial score (nSPS) is 11.5. The highest BCUT2D eigenvalue weighted by molar-refractivity contribution is 5.50. The van der Waals surface area contributed by atoms with Gasteiger partial charge in [0, 0.05) is 42.9 Å². The van der Waals surface area contributed by atoms with E-state index in [4.69, 9.17) is 0 Å². The zero-order valence-corrected chi connectivity index (χ0v) is 9.33. The lowest BCUT2D eigenvalue weighted by molar-refractivity contribution is -0.137. The Labute approximate surface area is 101 Å². The number of halogens is 3. The minimum absolute atomic E-state index is 0.0389. The van der Waals surface area contributed by atoms with Crippen molar-refractivity contribution >= 4 is 5.69 Å². The highest BCUT2D eigenvalue weighted by Crippen LogP contribution is 2.33. The van der Waals surface area contributed by atoms with Crippen LogP contribution in [0.15, 0.2) is 30.7 Å². The number of pyridine rings is 1. The Kier molecular flexibility index (Phi) is 3.50. The van der Waals surface area contributed by atoms with Gasteiger partial charge in [0.1, 0.15) is 0 Å². The number of nitrogens with one attached hydrogen (secondary N) is 2. The second-order valence-corrected chi connectivity index (χ2v) is 3.68. The van der Waals surface area contributed by atoms with Crippen molar-refractivity contribution in [3.05, 3.63) is 42.0 Å². The van der Waals surface area contributed by atoms with E-state index < -0.39 is 11.7 Å². The third kappa shape index (κ3) is 2.99. The van der Waals surface area contributed by atoms with Gasteiger partial charge in [0.25, 0.3) is 0 Å². The van der Waals surface area contributed by atoms with Gasteiger partial charge in [0.15, 0.2) is 0 Å². The molecule has 0 atom stereocenters. The lowest BCUT2D eigenvalue weighted by Gasteiger charge is -2.13. The van der Waals surface area contributed by atoms with E-state index in [0.29, 0.717) is 13.0 Å². The summed E-state index contributed by atoms with van der Waals surface area (Å²) in [4.78, 5) is 3.49. The van der Waals surface area contributed by atoms with Crippen molar-refractivity contribution in [3.63, 3.8) is 0 Å². The molecule has 0 aliphatic heterocycles. The Hall–Kier alpha value is -2.05. The molecule has 0 saturated heterocycles. The van der Waals surface area contributed by atoms with E-state index in [9.17, 15) is 13.2 Å². The monoisotopic (exact) mass is 256 g/mol. The first kappa shape index (κ1) is 12.4. The average Bonchev–Trinajstić information content (AvgIpc) is 2.81. The van der Waals surface area contributed by atoms with E-state index in [1.54, 1.807) is 12.3 Å². The fraction of sp³-hybridized carbons (Fsp3) is 0.273. The van der Waals surface area contributed by atoms with Crippen LogP contribution in [0.4, 0.5) is 18.9 Å². The van der Waals surface area contributed by atoms with E-state index in [1.165, 1.54) is 12.3 Å². The molecule has 2 aromatic rings. The SMILES string of the molecule is FC(F)(F)c1cnccc1NCCc1ccn[nH]1. The molecule has 2 aromatic heterocycles. The standard InChI is InChI=1S/C11H11F3N4/c12-11(13,14)9-7-15-4-3-10(9)16-5-1-8-2-6-17-18-8/h2-4,6-7H,1,5H2,(H,15,16)(H,17,18). The summed E-state index contributed by atoms with van der Waals surface area (Å²) in [6.45, 7) is 0.384. The largest absolute Gasteiger partial charge is 0.419 e. The second kappa shape index (κ2) is 5.07. The third-order valence-electron chi connectivity index (χ3n) is 2.39. The van der Waals surface area contributed by atoms with Crippen molar-refractivity contribution in [2.75, 3.05) is 11.9 Å². The van der Waals surface area contributed by atoms with E-state index >= 15 is 0 Å². The molecule has 0 aliphatic rings. The zero-order chi connectivity index (χ0) is 13.0. The molecule has 96 valence electrons. The summed E-state index contributed by atoms with van der Waals surface area (Å²) in [6.07, 6.45) is -0.0839. The van der Waals surface area contributed by atoms with E-state index in [0.717, 1.165) is 11.9 Å². The van der Waals surface area contributed by atoms with Gasteiger partial charge in [0.05, 0.1) is 5.56 Å². The van der Waals surface area contributed by atoms with E-state index in [-0.39, 0.29) is 5.69 Å². The summed E-state index contributed by atoms with van der Waals surface area (Å²) in [5, 5.41) is 9.26. The highest BCUT2D eigenvalue weighted by Gasteiger charge is 2.33. The quantitative estimate of drug-likeness (QED) is 0.883. The third-order valence-corrected chi connectivity index (χ3v) is 2.39. The van der Waals surface area contributed by atoms with Gasteiger partial charge in [-0.1, -0.05) is 0 Å². The molecule has 0 unspecified atom stereocenters. The second-order valence-electron chi connectivity index (χ2n) is 3.68. The van der Waals surface area contributed by atoms with Crippen molar-refractivity contribution in [2.45, 2.75) is 12.6 Å². The minimum Gasteiger partial charge on any atom is -0.384 e. The molecule has 2 N–H and O–H groups in total. The number of anilines is 1. The molecule has 0 aromatic carbocycles. The summed E-state index contributed by atoms with van der Waals surface area (Å²) in [5.74, 6) is 0. The van der Waals surface area contributed by atoms with Crippen LogP contribution in [-0.2, 0) is 12.6 Å². The molecule has 7 heteroatoms. The van der Waals surface area contributed by atoms with Gasteiger partial charge in [-0.15, -0.1) is 0 Å². The number of aromatic nitrogens is 3. The first-order valence-electron chi connectivity index (χ1n) is 5.30. The van der Waals surface area contributed by atoms with Crippen LogP contribution in [-0.4, -0.2) is 21.7 Å². The number of nitrogens with zero attached hydrogens (tertiary/aromatic N) is 2. The number of rotatable bonds is 4. The Morgan fingerprint density at radius 1 is 1.22 bits per heavy atom. The first-order valence-corrected chi connectivity index (χ1v) is 5.30. The molecule has 0 saturated carbocycles. The fourth-order valence-corrected chi connectivity index (χ4v) is 1.53. The molecular weight excluding hydrogens is 245 g/mol. The maximum absolute atomic E-state index is 12.7. The minimum atomic E-state index is -4.40. The van der Waals surface area contributed by atoms with Gasteiger partial charge in [0.2, 0.25) is 0 Å². The maximum Gasteiger partial charge on any atom is 0.419 e. The van der Waals surface area contributed by atoms with E-state index in [2.05, 4.69) is 20.5 Å². The zero-order valence-electron chi connectivity index (χ0n) is 9.33. The Balaban J connectivity index is 2.01. The Morgan fingerprint density at radius 2 is 2.06 bits per heavy atom. The number of aromatic amines is 1. The van der Waals surface area contributed by atoms with Crippen molar-refractivity contribution in [1.29, 1.82) is 0 Å². The van der Waals surface area contributed by atoms with Crippen LogP contribution in [0, 0.1) is 0 Å².